The normalized spacial score (nSPS) is 35.6. The molecule has 4 unspecified atom stereocenters. The Morgan fingerprint density at radius 1 is 1.41 bits per heavy atom. The zero-order valence-electron chi connectivity index (χ0n) is 10.1. The van der Waals surface area contributed by atoms with Gasteiger partial charge in [0.1, 0.15) is 0 Å². The topological polar surface area (TPSA) is 50.9 Å². The van der Waals surface area contributed by atoms with Crippen molar-refractivity contribution < 1.29 is 0 Å². The minimum Gasteiger partial charge on any atom is -0.327 e. The van der Waals surface area contributed by atoms with Gasteiger partial charge in [-0.1, -0.05) is 0 Å². The molecular weight excluding hydrogens is 230 g/mol. The Morgan fingerprint density at radius 2 is 2.29 bits per heavy atom. The van der Waals surface area contributed by atoms with Gasteiger partial charge in [0, 0.05) is 30.6 Å². The summed E-state index contributed by atoms with van der Waals surface area (Å²) in [4.78, 5) is 4.29. The second kappa shape index (κ2) is 5.04. The highest BCUT2D eigenvalue weighted by Crippen LogP contribution is 2.47. The fourth-order valence-electron chi connectivity index (χ4n) is 3.60. The largest absolute Gasteiger partial charge is 0.327 e. The van der Waals surface area contributed by atoms with Gasteiger partial charge in [-0.3, -0.25) is 0 Å². The summed E-state index contributed by atoms with van der Waals surface area (Å²) in [7, 11) is 0. The van der Waals surface area contributed by atoms with Crippen molar-refractivity contribution in [2.75, 3.05) is 13.1 Å². The summed E-state index contributed by atoms with van der Waals surface area (Å²) in [6.07, 6.45) is 7.11. The average Bonchev–Trinajstić information content (AvgIpc) is 3.03. The molecule has 94 valence electrons. The first-order valence-corrected chi connectivity index (χ1v) is 7.57. The third kappa shape index (κ3) is 2.39. The summed E-state index contributed by atoms with van der Waals surface area (Å²) < 4.78 is 0. The molecule has 2 saturated carbocycles. The van der Waals surface area contributed by atoms with Crippen LogP contribution in [0.3, 0.4) is 0 Å². The lowest BCUT2D eigenvalue weighted by Gasteiger charge is -2.28. The van der Waals surface area contributed by atoms with E-state index in [9.17, 15) is 0 Å². The number of fused-ring (bicyclic) bond motifs is 2. The molecule has 0 radical (unpaired) electrons. The number of hydrogen-bond acceptors (Lipinski definition) is 4. The van der Waals surface area contributed by atoms with Crippen LogP contribution in [0.5, 0.6) is 0 Å². The lowest BCUT2D eigenvalue weighted by Crippen LogP contribution is -2.41. The Kier molecular flexibility index (Phi) is 3.45. The second-order valence-corrected chi connectivity index (χ2v) is 6.43. The van der Waals surface area contributed by atoms with E-state index in [1.165, 1.54) is 24.3 Å². The molecular formula is C13H21N3S. The first-order chi connectivity index (χ1) is 8.34. The van der Waals surface area contributed by atoms with Gasteiger partial charge >= 0.3 is 0 Å². The third-order valence-corrected chi connectivity index (χ3v) is 5.38. The van der Waals surface area contributed by atoms with Crippen LogP contribution in [-0.4, -0.2) is 24.1 Å². The predicted molar refractivity (Wildman–Crippen MR) is 71.0 cm³/mol. The van der Waals surface area contributed by atoms with E-state index >= 15 is 0 Å². The van der Waals surface area contributed by atoms with Crippen molar-refractivity contribution in [3.8, 4) is 0 Å². The number of nitrogens with one attached hydrogen (secondary N) is 1. The van der Waals surface area contributed by atoms with Gasteiger partial charge in [-0.2, -0.15) is 0 Å². The van der Waals surface area contributed by atoms with Crippen LogP contribution in [0.25, 0.3) is 0 Å². The van der Waals surface area contributed by atoms with E-state index in [1.54, 1.807) is 11.3 Å². The molecule has 4 atom stereocenters. The van der Waals surface area contributed by atoms with Crippen molar-refractivity contribution in [2.45, 2.75) is 31.7 Å². The summed E-state index contributed by atoms with van der Waals surface area (Å²) in [6.45, 7) is 2.14. The van der Waals surface area contributed by atoms with Crippen LogP contribution in [0.1, 0.15) is 24.3 Å². The first-order valence-electron chi connectivity index (χ1n) is 6.69. The lowest BCUT2D eigenvalue weighted by molar-refractivity contribution is 0.279. The molecule has 0 spiro atoms. The minimum absolute atomic E-state index is 0.459. The van der Waals surface area contributed by atoms with Crippen molar-refractivity contribution in [1.82, 2.24) is 10.3 Å². The molecule has 0 aliphatic heterocycles. The highest BCUT2D eigenvalue weighted by atomic mass is 32.1. The molecule has 0 aromatic carbocycles. The van der Waals surface area contributed by atoms with Crippen LogP contribution >= 0.6 is 11.3 Å². The lowest BCUT2D eigenvalue weighted by atomic mass is 9.85. The molecule has 2 bridgehead atoms. The fourth-order valence-corrected chi connectivity index (χ4v) is 4.22. The predicted octanol–water partition coefficient (Wildman–Crippen LogP) is 1.65. The summed E-state index contributed by atoms with van der Waals surface area (Å²) in [5.74, 6) is 2.46. The van der Waals surface area contributed by atoms with E-state index in [4.69, 9.17) is 5.73 Å². The molecule has 0 amide bonds. The molecule has 2 aliphatic carbocycles. The van der Waals surface area contributed by atoms with Crippen LogP contribution in [0, 0.1) is 17.8 Å². The number of rotatable bonds is 5. The summed E-state index contributed by atoms with van der Waals surface area (Å²) >= 11 is 1.74. The number of thiazole rings is 1. The van der Waals surface area contributed by atoms with Crippen LogP contribution in [0.4, 0.5) is 0 Å². The highest BCUT2D eigenvalue weighted by Gasteiger charge is 2.45. The molecule has 17 heavy (non-hydrogen) atoms. The zero-order chi connectivity index (χ0) is 11.7. The standard InChI is InChI=1S/C13H21N3S/c14-13-10-2-1-9(7-10)11(13)8-15-4-3-12-16-5-6-17-12/h5-6,9-11,13,15H,1-4,7-8,14H2. The van der Waals surface area contributed by atoms with E-state index in [1.807, 2.05) is 11.6 Å². The fraction of sp³-hybridized carbons (Fsp3) is 0.769. The molecule has 4 heteroatoms. The monoisotopic (exact) mass is 251 g/mol. The Morgan fingerprint density at radius 3 is 3.00 bits per heavy atom. The number of nitrogens with two attached hydrogens (primary N) is 1. The average molecular weight is 251 g/mol. The van der Waals surface area contributed by atoms with Crippen molar-refractivity contribution in [1.29, 1.82) is 0 Å². The Hall–Kier alpha value is -0.450. The van der Waals surface area contributed by atoms with Crippen LogP contribution in [0.2, 0.25) is 0 Å². The molecule has 3 N–H and O–H groups in total. The van der Waals surface area contributed by atoms with Gasteiger partial charge in [0.15, 0.2) is 0 Å². The number of hydrogen-bond donors (Lipinski definition) is 2. The van der Waals surface area contributed by atoms with Gasteiger partial charge in [-0.05, 0) is 43.6 Å². The molecule has 1 aromatic heterocycles. The third-order valence-electron chi connectivity index (χ3n) is 4.54. The van der Waals surface area contributed by atoms with Gasteiger partial charge in [-0.15, -0.1) is 11.3 Å². The maximum atomic E-state index is 6.29. The Bertz CT molecular complexity index is 350. The molecule has 0 saturated heterocycles. The summed E-state index contributed by atoms with van der Waals surface area (Å²) in [5, 5.41) is 6.84. The van der Waals surface area contributed by atoms with Crippen molar-refractivity contribution in [3.05, 3.63) is 16.6 Å². The quantitative estimate of drug-likeness (QED) is 0.782. The van der Waals surface area contributed by atoms with E-state index in [0.717, 1.165) is 37.3 Å². The minimum atomic E-state index is 0.459. The molecule has 2 aliphatic rings. The molecule has 2 fully saturated rings. The SMILES string of the molecule is NC1C2CCC(C2)C1CNCCc1nccs1. The van der Waals surface area contributed by atoms with Gasteiger partial charge in [0.2, 0.25) is 0 Å². The van der Waals surface area contributed by atoms with E-state index in [-0.39, 0.29) is 0 Å². The number of aromatic nitrogens is 1. The van der Waals surface area contributed by atoms with E-state index < -0.39 is 0 Å². The number of nitrogens with zero attached hydrogens (tertiary/aromatic N) is 1. The van der Waals surface area contributed by atoms with Gasteiger partial charge in [0.25, 0.3) is 0 Å². The molecule has 1 heterocycles. The van der Waals surface area contributed by atoms with Crippen molar-refractivity contribution in [3.63, 3.8) is 0 Å². The maximum Gasteiger partial charge on any atom is 0.0937 e. The van der Waals surface area contributed by atoms with E-state index in [2.05, 4.69) is 10.3 Å². The summed E-state index contributed by atoms with van der Waals surface area (Å²) in [6, 6.07) is 0.459. The van der Waals surface area contributed by atoms with Gasteiger partial charge in [0.05, 0.1) is 5.01 Å². The molecule has 3 rings (SSSR count). The van der Waals surface area contributed by atoms with Crippen LogP contribution in [-0.2, 0) is 6.42 Å². The van der Waals surface area contributed by atoms with Crippen LogP contribution < -0.4 is 11.1 Å². The first kappa shape index (κ1) is 11.6. The smallest absolute Gasteiger partial charge is 0.0937 e. The Balaban J connectivity index is 1.40. The molecule has 3 nitrogen and oxygen atoms in total. The van der Waals surface area contributed by atoms with Crippen molar-refractivity contribution in [2.24, 2.45) is 23.5 Å². The highest BCUT2D eigenvalue weighted by molar-refractivity contribution is 7.09. The van der Waals surface area contributed by atoms with Gasteiger partial charge in [-0.25, -0.2) is 4.98 Å². The van der Waals surface area contributed by atoms with E-state index in [0.29, 0.717) is 6.04 Å². The van der Waals surface area contributed by atoms with Crippen LogP contribution in [0.15, 0.2) is 11.6 Å². The molecule has 1 aromatic rings. The summed E-state index contributed by atoms with van der Waals surface area (Å²) in [5.41, 5.74) is 6.29. The maximum absolute atomic E-state index is 6.29. The van der Waals surface area contributed by atoms with Crippen molar-refractivity contribution >= 4 is 11.3 Å². The zero-order valence-corrected chi connectivity index (χ0v) is 11.0. The van der Waals surface area contributed by atoms with Gasteiger partial charge < -0.3 is 11.1 Å². The second-order valence-electron chi connectivity index (χ2n) is 5.45. The Labute approximate surface area is 107 Å².